The Balaban J connectivity index is 1.76. The molecule has 25 heavy (non-hydrogen) atoms. The molecule has 1 heterocycles. The largest absolute Gasteiger partial charge is 0.497 e. The van der Waals surface area contributed by atoms with Gasteiger partial charge in [-0.15, -0.1) is 4.98 Å². The van der Waals surface area contributed by atoms with Gasteiger partial charge in [0.1, 0.15) is 23.0 Å². The number of aromatic nitrogens is 3. The highest BCUT2D eigenvalue weighted by Gasteiger charge is 2.09. The van der Waals surface area contributed by atoms with E-state index in [1.807, 2.05) is 0 Å². The Hall–Kier alpha value is -3.55. The first kappa shape index (κ1) is 16.3. The predicted octanol–water partition coefficient (Wildman–Crippen LogP) is 3.06. The van der Waals surface area contributed by atoms with Crippen LogP contribution in [0.3, 0.4) is 0 Å². The molecule has 0 saturated carbocycles. The minimum atomic E-state index is -0.0120. The maximum atomic E-state index is 5.70. The number of ether oxygens (including phenoxy) is 4. The van der Waals surface area contributed by atoms with E-state index >= 15 is 0 Å². The van der Waals surface area contributed by atoms with Crippen LogP contribution in [0.15, 0.2) is 48.5 Å². The molecule has 2 aromatic carbocycles. The van der Waals surface area contributed by atoms with Gasteiger partial charge >= 0.3 is 12.0 Å². The Kier molecular flexibility index (Phi) is 4.79. The fraction of sp³-hybridized carbons (Fsp3) is 0.118. The van der Waals surface area contributed by atoms with E-state index < -0.39 is 0 Å². The molecule has 3 rings (SSSR count). The molecular formula is C17H16N4O4. The quantitative estimate of drug-likeness (QED) is 0.730. The SMILES string of the molecule is COc1ccc(Oc2nc(N)nc(Oc3ccc(OC)cc3)n2)cc1. The lowest BCUT2D eigenvalue weighted by Crippen LogP contribution is -2.02. The molecule has 0 radical (unpaired) electrons. The lowest BCUT2D eigenvalue weighted by atomic mass is 10.3. The molecule has 2 N–H and O–H groups in total. The van der Waals surface area contributed by atoms with Crippen molar-refractivity contribution in [3.63, 3.8) is 0 Å². The number of benzene rings is 2. The van der Waals surface area contributed by atoms with Crippen LogP contribution < -0.4 is 24.7 Å². The number of hydrogen-bond donors (Lipinski definition) is 1. The van der Waals surface area contributed by atoms with Gasteiger partial charge in [-0.2, -0.15) is 9.97 Å². The third kappa shape index (κ3) is 4.25. The maximum absolute atomic E-state index is 5.70. The van der Waals surface area contributed by atoms with Crippen LogP contribution in [0.4, 0.5) is 5.95 Å². The first-order valence-electron chi connectivity index (χ1n) is 7.31. The molecule has 0 spiro atoms. The summed E-state index contributed by atoms with van der Waals surface area (Å²) in [5.74, 6) is 2.47. The van der Waals surface area contributed by atoms with Crippen molar-refractivity contribution >= 4 is 5.95 Å². The number of rotatable bonds is 6. The van der Waals surface area contributed by atoms with Gasteiger partial charge in [0.15, 0.2) is 0 Å². The van der Waals surface area contributed by atoms with E-state index in [4.69, 9.17) is 24.7 Å². The van der Waals surface area contributed by atoms with Gasteiger partial charge in [0, 0.05) is 0 Å². The highest BCUT2D eigenvalue weighted by molar-refractivity contribution is 5.35. The standard InChI is InChI=1S/C17H16N4O4/c1-22-11-3-7-13(8-4-11)24-16-19-15(18)20-17(21-16)25-14-9-5-12(23-2)6-10-14/h3-10H,1-2H3,(H2,18,19,20,21). The van der Waals surface area contributed by atoms with Crippen LogP contribution in [-0.2, 0) is 0 Å². The molecule has 0 fully saturated rings. The average Bonchev–Trinajstić information content (AvgIpc) is 2.62. The number of nitrogens with two attached hydrogens (primary N) is 1. The van der Waals surface area contributed by atoms with Gasteiger partial charge in [0.05, 0.1) is 14.2 Å². The average molecular weight is 340 g/mol. The summed E-state index contributed by atoms with van der Waals surface area (Å²) in [6, 6.07) is 14.0. The highest BCUT2D eigenvalue weighted by atomic mass is 16.5. The Bertz CT molecular complexity index is 771. The summed E-state index contributed by atoms with van der Waals surface area (Å²) in [6.07, 6.45) is 0. The number of hydrogen-bond acceptors (Lipinski definition) is 8. The summed E-state index contributed by atoms with van der Waals surface area (Å²) >= 11 is 0. The smallest absolute Gasteiger partial charge is 0.330 e. The van der Waals surface area contributed by atoms with Crippen molar-refractivity contribution in [3.8, 4) is 35.0 Å². The van der Waals surface area contributed by atoms with Crippen LogP contribution >= 0.6 is 0 Å². The van der Waals surface area contributed by atoms with E-state index in [0.29, 0.717) is 23.0 Å². The zero-order chi connectivity index (χ0) is 17.6. The van der Waals surface area contributed by atoms with Gasteiger partial charge in [0.2, 0.25) is 5.95 Å². The van der Waals surface area contributed by atoms with Gasteiger partial charge in [0.25, 0.3) is 0 Å². The number of methoxy groups -OCH3 is 2. The first-order chi connectivity index (χ1) is 12.2. The summed E-state index contributed by atoms with van der Waals surface area (Å²) < 4.78 is 21.3. The Morgan fingerprint density at radius 1 is 0.600 bits per heavy atom. The van der Waals surface area contributed by atoms with Crippen molar-refractivity contribution in [2.24, 2.45) is 0 Å². The van der Waals surface area contributed by atoms with Crippen molar-refractivity contribution in [2.45, 2.75) is 0 Å². The van der Waals surface area contributed by atoms with Crippen LogP contribution in [-0.4, -0.2) is 29.2 Å². The molecule has 1 aromatic heterocycles. The second kappa shape index (κ2) is 7.35. The number of anilines is 1. The van der Waals surface area contributed by atoms with E-state index in [1.54, 1.807) is 62.8 Å². The normalized spacial score (nSPS) is 10.2. The predicted molar refractivity (Wildman–Crippen MR) is 90.4 cm³/mol. The molecule has 0 amide bonds. The Morgan fingerprint density at radius 3 is 1.32 bits per heavy atom. The summed E-state index contributed by atoms with van der Waals surface area (Å²) in [7, 11) is 3.18. The molecule has 0 saturated heterocycles. The van der Waals surface area contributed by atoms with Crippen molar-refractivity contribution in [1.29, 1.82) is 0 Å². The summed E-state index contributed by atoms with van der Waals surface area (Å²) in [5, 5.41) is 0. The maximum Gasteiger partial charge on any atom is 0.330 e. The van der Waals surface area contributed by atoms with Gasteiger partial charge in [-0.05, 0) is 48.5 Å². The van der Waals surface area contributed by atoms with E-state index in [0.717, 1.165) is 0 Å². The Morgan fingerprint density at radius 2 is 0.960 bits per heavy atom. The highest BCUT2D eigenvalue weighted by Crippen LogP contribution is 2.25. The lowest BCUT2D eigenvalue weighted by Gasteiger charge is -2.08. The van der Waals surface area contributed by atoms with E-state index in [2.05, 4.69) is 15.0 Å². The van der Waals surface area contributed by atoms with Crippen LogP contribution in [0.25, 0.3) is 0 Å². The minimum Gasteiger partial charge on any atom is -0.497 e. The molecule has 128 valence electrons. The lowest BCUT2D eigenvalue weighted by molar-refractivity contribution is 0.393. The molecule has 0 aliphatic heterocycles. The molecule has 3 aromatic rings. The minimum absolute atomic E-state index is 0.0120. The fourth-order valence-corrected chi connectivity index (χ4v) is 1.94. The van der Waals surface area contributed by atoms with Crippen molar-refractivity contribution in [3.05, 3.63) is 48.5 Å². The van der Waals surface area contributed by atoms with Crippen molar-refractivity contribution in [2.75, 3.05) is 20.0 Å². The summed E-state index contributed by atoms with van der Waals surface area (Å²) in [6.45, 7) is 0. The summed E-state index contributed by atoms with van der Waals surface area (Å²) in [5.41, 5.74) is 5.70. The molecule has 0 bridgehead atoms. The molecular weight excluding hydrogens is 324 g/mol. The molecule has 0 atom stereocenters. The first-order valence-corrected chi connectivity index (χ1v) is 7.31. The van der Waals surface area contributed by atoms with Crippen LogP contribution in [0.1, 0.15) is 0 Å². The third-order valence-corrected chi connectivity index (χ3v) is 3.15. The third-order valence-electron chi connectivity index (χ3n) is 3.15. The van der Waals surface area contributed by atoms with Crippen LogP contribution in [0.5, 0.6) is 35.0 Å². The molecule has 8 heteroatoms. The molecule has 0 unspecified atom stereocenters. The zero-order valence-electron chi connectivity index (χ0n) is 13.7. The molecule has 0 aliphatic carbocycles. The van der Waals surface area contributed by atoms with Gasteiger partial charge in [-0.3, -0.25) is 0 Å². The van der Waals surface area contributed by atoms with E-state index in [1.165, 1.54) is 0 Å². The van der Waals surface area contributed by atoms with E-state index in [-0.39, 0.29) is 18.0 Å². The van der Waals surface area contributed by atoms with Crippen molar-refractivity contribution < 1.29 is 18.9 Å². The molecule has 8 nitrogen and oxygen atoms in total. The fourth-order valence-electron chi connectivity index (χ4n) is 1.94. The monoisotopic (exact) mass is 340 g/mol. The van der Waals surface area contributed by atoms with E-state index in [9.17, 15) is 0 Å². The number of nitrogens with zero attached hydrogens (tertiary/aromatic N) is 3. The second-order valence-corrected chi connectivity index (χ2v) is 4.81. The van der Waals surface area contributed by atoms with Gasteiger partial charge < -0.3 is 24.7 Å². The summed E-state index contributed by atoms with van der Waals surface area (Å²) in [4.78, 5) is 12.0. The van der Waals surface area contributed by atoms with Gasteiger partial charge in [-0.25, -0.2) is 0 Å². The van der Waals surface area contributed by atoms with Gasteiger partial charge in [-0.1, -0.05) is 0 Å². The topological polar surface area (TPSA) is 102 Å². The number of nitrogen functional groups attached to an aromatic ring is 1. The molecule has 0 aliphatic rings. The Labute approximate surface area is 144 Å². The zero-order valence-corrected chi connectivity index (χ0v) is 13.7. The van der Waals surface area contributed by atoms with Crippen molar-refractivity contribution in [1.82, 2.24) is 15.0 Å². The second-order valence-electron chi connectivity index (χ2n) is 4.81. The van der Waals surface area contributed by atoms with Crippen LogP contribution in [0, 0.1) is 0 Å². The van der Waals surface area contributed by atoms with Crippen LogP contribution in [0.2, 0.25) is 0 Å².